The average Bonchev–Trinajstić information content (AvgIpc) is 2.67. The van der Waals surface area contributed by atoms with E-state index in [2.05, 4.69) is 18.4 Å². The second kappa shape index (κ2) is 4.23. The quantitative estimate of drug-likeness (QED) is 0.431. The van der Waals surface area contributed by atoms with E-state index in [9.17, 15) is 10.1 Å². The van der Waals surface area contributed by atoms with Gasteiger partial charge in [0.15, 0.2) is 5.42 Å². The Morgan fingerprint density at radius 2 is 2.31 bits per heavy atom. The smallest absolute Gasteiger partial charge is 0.320 e. The second-order valence-electron chi connectivity index (χ2n) is 3.64. The minimum Gasteiger partial charge on any atom is -0.452 e. The fraction of sp³-hybridized carbons (Fsp3) is 0.333. The van der Waals surface area contributed by atoms with Gasteiger partial charge in [-0.1, -0.05) is 13.3 Å². The average molecular weight is 217 g/mol. The number of hydrogen-bond donors (Lipinski definition) is 0. The number of nitro groups is 1. The summed E-state index contributed by atoms with van der Waals surface area (Å²) in [7, 11) is 0. The molecule has 1 aromatic rings. The highest BCUT2D eigenvalue weighted by atomic mass is 16.6. The summed E-state index contributed by atoms with van der Waals surface area (Å²) < 4.78 is 5.50. The molecular weight excluding hydrogens is 206 g/mol. The predicted octanol–water partition coefficient (Wildman–Crippen LogP) is 1.11. The van der Waals surface area contributed by atoms with Gasteiger partial charge in [-0.25, -0.2) is 0 Å². The SMILES string of the molecule is CCCCc1cc2c(o1)=C=C=C([N+](=O)[O-])C=2. The molecule has 4 heteroatoms. The van der Waals surface area contributed by atoms with Gasteiger partial charge in [-0.15, -0.1) is 0 Å². The van der Waals surface area contributed by atoms with Gasteiger partial charge in [0.05, 0.1) is 4.92 Å². The monoisotopic (exact) mass is 217 g/mol. The summed E-state index contributed by atoms with van der Waals surface area (Å²) in [4.78, 5) is 10.1. The molecule has 16 heavy (non-hydrogen) atoms. The first-order chi connectivity index (χ1) is 7.70. The Balaban J connectivity index is 2.40. The molecule has 0 bridgehead atoms. The van der Waals surface area contributed by atoms with Crippen LogP contribution in [0.5, 0.6) is 0 Å². The summed E-state index contributed by atoms with van der Waals surface area (Å²) in [5.74, 6) is 0.849. The Labute approximate surface area is 92.0 Å². The molecule has 0 atom stereocenters. The molecule has 4 nitrogen and oxygen atoms in total. The van der Waals surface area contributed by atoms with Crippen molar-refractivity contribution in [3.63, 3.8) is 0 Å². The van der Waals surface area contributed by atoms with Gasteiger partial charge in [-0.3, -0.25) is 10.1 Å². The van der Waals surface area contributed by atoms with Crippen LogP contribution in [0.3, 0.4) is 0 Å². The van der Waals surface area contributed by atoms with Crippen molar-refractivity contribution < 1.29 is 9.34 Å². The fourth-order valence-corrected chi connectivity index (χ4v) is 1.54. The highest BCUT2D eigenvalue weighted by Gasteiger charge is 2.09. The molecule has 2 rings (SSSR count). The van der Waals surface area contributed by atoms with Crippen molar-refractivity contribution in [1.82, 2.24) is 0 Å². The van der Waals surface area contributed by atoms with Crippen molar-refractivity contribution in [2.45, 2.75) is 26.2 Å². The topological polar surface area (TPSA) is 56.3 Å². The number of rotatable bonds is 4. The van der Waals surface area contributed by atoms with E-state index in [4.69, 9.17) is 4.42 Å². The fourth-order valence-electron chi connectivity index (χ4n) is 1.54. The molecule has 1 aromatic heterocycles. The van der Waals surface area contributed by atoms with Crippen molar-refractivity contribution in [3.05, 3.63) is 44.0 Å². The lowest BCUT2D eigenvalue weighted by atomic mass is 10.2. The van der Waals surface area contributed by atoms with Crippen molar-refractivity contribution >= 4 is 11.8 Å². The zero-order valence-electron chi connectivity index (χ0n) is 8.95. The van der Waals surface area contributed by atoms with Gasteiger partial charge in [-0.05, 0) is 18.2 Å². The third kappa shape index (κ3) is 1.98. The maximum absolute atomic E-state index is 10.5. The Morgan fingerprint density at radius 1 is 1.50 bits per heavy atom. The molecule has 0 aliphatic heterocycles. The third-order valence-electron chi connectivity index (χ3n) is 2.38. The number of furan rings is 1. The molecule has 0 radical (unpaired) electrons. The van der Waals surface area contributed by atoms with Crippen LogP contribution < -0.4 is 10.6 Å². The summed E-state index contributed by atoms with van der Waals surface area (Å²) in [6.07, 6.45) is 4.45. The van der Waals surface area contributed by atoms with Crippen LogP contribution in [0, 0.1) is 10.1 Å². The van der Waals surface area contributed by atoms with Gasteiger partial charge in [0.25, 0.3) is 0 Å². The van der Waals surface area contributed by atoms with Crippen molar-refractivity contribution in [1.29, 1.82) is 0 Å². The van der Waals surface area contributed by atoms with Gasteiger partial charge in [-0.2, -0.15) is 0 Å². The van der Waals surface area contributed by atoms with Crippen LogP contribution in [0.2, 0.25) is 0 Å². The lowest BCUT2D eigenvalue weighted by Crippen LogP contribution is -2.20. The number of unbranched alkanes of at least 4 members (excludes halogenated alkanes) is 1. The van der Waals surface area contributed by atoms with Crippen molar-refractivity contribution in [2.24, 2.45) is 0 Å². The number of aryl methyl sites for hydroxylation is 1. The molecule has 0 amide bonds. The molecule has 0 N–H and O–H groups in total. The Kier molecular flexibility index (Phi) is 2.78. The zero-order valence-corrected chi connectivity index (χ0v) is 8.95. The summed E-state index contributed by atoms with van der Waals surface area (Å²) >= 11 is 0. The molecule has 1 heterocycles. The van der Waals surface area contributed by atoms with Crippen LogP contribution in [0.1, 0.15) is 25.5 Å². The summed E-state index contributed by atoms with van der Waals surface area (Å²) in [6.45, 7) is 2.10. The maximum atomic E-state index is 10.5. The molecule has 0 saturated carbocycles. The van der Waals surface area contributed by atoms with Crippen LogP contribution in [0.25, 0.3) is 11.8 Å². The summed E-state index contributed by atoms with van der Waals surface area (Å²) in [5, 5.41) is 11.3. The number of fused-ring (bicyclic) bond motifs is 1. The standard InChI is InChI=1S/C12H11NO3/c1-2-3-4-11-8-9-7-10(13(14)15)5-6-12(9)16-11/h7-8H,2-4H2,1H3. The van der Waals surface area contributed by atoms with E-state index in [0.29, 0.717) is 5.42 Å². The van der Waals surface area contributed by atoms with E-state index >= 15 is 0 Å². The molecule has 0 unspecified atom stereocenters. The second-order valence-corrected chi connectivity index (χ2v) is 3.64. The molecule has 0 saturated heterocycles. The normalized spacial score (nSPS) is 12.4. The van der Waals surface area contributed by atoms with E-state index < -0.39 is 4.92 Å². The summed E-state index contributed by atoms with van der Waals surface area (Å²) in [6, 6.07) is 1.84. The highest BCUT2D eigenvalue weighted by molar-refractivity contribution is 5.47. The largest absolute Gasteiger partial charge is 0.452 e. The van der Waals surface area contributed by atoms with Crippen LogP contribution in [0.15, 0.2) is 21.9 Å². The third-order valence-corrected chi connectivity index (χ3v) is 2.38. The maximum Gasteiger partial charge on any atom is 0.320 e. The molecule has 0 fully saturated rings. The Morgan fingerprint density at radius 3 is 3.00 bits per heavy atom. The minimum atomic E-state index is -0.478. The van der Waals surface area contributed by atoms with E-state index in [1.54, 1.807) is 0 Å². The number of nitrogens with zero attached hydrogens (tertiary/aromatic N) is 1. The Bertz CT molecular complexity index is 611. The molecular formula is C12H11NO3. The lowest BCUT2D eigenvalue weighted by molar-refractivity contribution is -0.415. The van der Waals surface area contributed by atoms with Crippen LogP contribution in [-0.2, 0) is 6.42 Å². The van der Waals surface area contributed by atoms with Gasteiger partial charge >= 0.3 is 5.70 Å². The Hall–Kier alpha value is -2.02. The van der Waals surface area contributed by atoms with Crippen molar-refractivity contribution in [2.75, 3.05) is 0 Å². The van der Waals surface area contributed by atoms with Gasteiger partial charge in [0.1, 0.15) is 5.76 Å². The molecule has 0 spiro atoms. The molecule has 0 aromatic carbocycles. The zero-order chi connectivity index (χ0) is 11.5. The highest BCUT2D eigenvalue weighted by Crippen LogP contribution is 2.02. The van der Waals surface area contributed by atoms with E-state index in [-0.39, 0.29) is 5.70 Å². The first-order valence-corrected chi connectivity index (χ1v) is 5.21. The van der Waals surface area contributed by atoms with Crippen LogP contribution in [-0.4, -0.2) is 4.92 Å². The van der Waals surface area contributed by atoms with Gasteiger partial charge in [0, 0.05) is 23.4 Å². The lowest BCUT2D eigenvalue weighted by Gasteiger charge is -1.90. The first-order valence-electron chi connectivity index (χ1n) is 5.21. The number of allylic oxidation sites excluding steroid dienone is 1. The first kappa shape index (κ1) is 10.5. The summed E-state index contributed by atoms with van der Waals surface area (Å²) in [5.41, 5.74) is 5.59. The van der Waals surface area contributed by atoms with Crippen LogP contribution >= 0.6 is 0 Å². The van der Waals surface area contributed by atoms with E-state index in [0.717, 1.165) is 30.2 Å². The molecule has 82 valence electrons. The van der Waals surface area contributed by atoms with Gasteiger partial charge < -0.3 is 4.42 Å². The van der Waals surface area contributed by atoms with E-state index in [1.807, 2.05) is 6.07 Å². The molecule has 1 aliphatic carbocycles. The van der Waals surface area contributed by atoms with Gasteiger partial charge in [0.2, 0.25) is 0 Å². The van der Waals surface area contributed by atoms with Crippen molar-refractivity contribution in [3.8, 4) is 0 Å². The molecule has 1 aliphatic rings. The number of hydrogen-bond acceptors (Lipinski definition) is 3. The predicted molar refractivity (Wildman–Crippen MR) is 58.5 cm³/mol. The van der Waals surface area contributed by atoms with Crippen LogP contribution in [0.4, 0.5) is 0 Å². The van der Waals surface area contributed by atoms with E-state index in [1.165, 1.54) is 6.08 Å². The minimum absolute atomic E-state index is 0.0738.